The summed E-state index contributed by atoms with van der Waals surface area (Å²) in [5.41, 5.74) is 8.61. The largest absolute Gasteiger partial charge is 0.383 e. The molecule has 1 fully saturated rings. The predicted molar refractivity (Wildman–Crippen MR) is 108 cm³/mol. The van der Waals surface area contributed by atoms with Crippen molar-refractivity contribution in [2.75, 3.05) is 23.7 Å². The van der Waals surface area contributed by atoms with Crippen molar-refractivity contribution >= 4 is 22.8 Å². The number of nitrogen functional groups attached to an aromatic ring is 1. The van der Waals surface area contributed by atoms with Gasteiger partial charge < -0.3 is 10.6 Å². The first-order valence-electron chi connectivity index (χ1n) is 9.43. The van der Waals surface area contributed by atoms with Crippen molar-refractivity contribution < 1.29 is 8.78 Å². The van der Waals surface area contributed by atoms with Crippen LogP contribution in [0.4, 0.5) is 20.5 Å². The Morgan fingerprint density at radius 1 is 0.897 bits per heavy atom. The summed E-state index contributed by atoms with van der Waals surface area (Å²) in [5.74, 6) is 0.155. The van der Waals surface area contributed by atoms with Crippen LogP contribution in [0.2, 0.25) is 0 Å². The molecule has 8 heteroatoms. The highest BCUT2D eigenvalue weighted by Crippen LogP contribution is 2.34. The van der Waals surface area contributed by atoms with Gasteiger partial charge in [-0.3, -0.25) is 0 Å². The van der Waals surface area contributed by atoms with Crippen molar-refractivity contribution in [3.05, 3.63) is 60.2 Å². The van der Waals surface area contributed by atoms with E-state index in [9.17, 15) is 8.78 Å². The van der Waals surface area contributed by atoms with Crippen LogP contribution in [-0.4, -0.2) is 32.8 Å². The van der Waals surface area contributed by atoms with Crippen LogP contribution in [0, 0.1) is 11.6 Å². The van der Waals surface area contributed by atoms with Gasteiger partial charge in [-0.25, -0.2) is 18.4 Å². The second kappa shape index (κ2) is 6.80. The fourth-order valence-corrected chi connectivity index (χ4v) is 3.68. The molecule has 2 aromatic carbocycles. The quantitative estimate of drug-likeness (QED) is 0.572. The van der Waals surface area contributed by atoms with Crippen LogP contribution in [0.25, 0.3) is 28.0 Å². The number of fused-ring (bicyclic) bond motifs is 1. The van der Waals surface area contributed by atoms with Crippen LogP contribution in [0.1, 0.15) is 12.8 Å². The Bertz CT molecular complexity index is 1200. The van der Waals surface area contributed by atoms with Crippen molar-refractivity contribution in [1.29, 1.82) is 0 Å². The molecule has 2 N–H and O–H groups in total. The summed E-state index contributed by atoms with van der Waals surface area (Å²) in [6.45, 7) is 1.74. The summed E-state index contributed by atoms with van der Waals surface area (Å²) in [5, 5.41) is 5.09. The zero-order valence-electron chi connectivity index (χ0n) is 15.5. The fraction of sp³-hybridized carbons (Fsp3) is 0.190. The second-order valence-electron chi connectivity index (χ2n) is 7.05. The minimum atomic E-state index is -0.385. The van der Waals surface area contributed by atoms with Crippen LogP contribution in [0.3, 0.4) is 0 Å². The molecule has 1 saturated heterocycles. The van der Waals surface area contributed by atoms with Crippen molar-refractivity contribution in [2.24, 2.45) is 0 Å². The molecule has 0 atom stereocenters. The van der Waals surface area contributed by atoms with Gasteiger partial charge in [0.2, 0.25) is 5.95 Å². The highest BCUT2D eigenvalue weighted by molar-refractivity contribution is 5.99. The number of nitrogens with two attached hydrogens (primary N) is 1. The Hall–Kier alpha value is -3.55. The number of halogens is 2. The number of nitrogens with zero attached hydrogens (tertiary/aromatic N) is 5. The van der Waals surface area contributed by atoms with E-state index in [1.165, 1.54) is 28.9 Å². The molecule has 1 aliphatic heterocycles. The van der Waals surface area contributed by atoms with Gasteiger partial charge in [-0.1, -0.05) is 6.07 Å². The van der Waals surface area contributed by atoms with E-state index in [1.54, 1.807) is 24.3 Å². The van der Waals surface area contributed by atoms with Crippen molar-refractivity contribution in [1.82, 2.24) is 19.7 Å². The Labute approximate surface area is 165 Å². The van der Waals surface area contributed by atoms with Gasteiger partial charge in [0.25, 0.3) is 0 Å². The summed E-state index contributed by atoms with van der Waals surface area (Å²) >= 11 is 0. The van der Waals surface area contributed by atoms with E-state index in [0.717, 1.165) is 25.9 Å². The average Bonchev–Trinajstić information content (AvgIpc) is 3.37. The van der Waals surface area contributed by atoms with Crippen LogP contribution >= 0.6 is 0 Å². The lowest BCUT2D eigenvalue weighted by Crippen LogP contribution is -2.20. The first-order valence-corrected chi connectivity index (χ1v) is 9.43. The predicted octanol–water partition coefficient (Wildman–Crippen LogP) is 3.94. The highest BCUT2D eigenvalue weighted by Gasteiger charge is 2.23. The number of hydrogen-bond donors (Lipinski definition) is 1. The molecule has 0 aliphatic carbocycles. The zero-order chi connectivity index (χ0) is 20.0. The Morgan fingerprint density at radius 2 is 1.66 bits per heavy atom. The van der Waals surface area contributed by atoms with Crippen LogP contribution in [0.15, 0.2) is 48.5 Å². The smallest absolute Gasteiger partial charge is 0.228 e. The van der Waals surface area contributed by atoms with E-state index >= 15 is 0 Å². The Kier molecular flexibility index (Phi) is 4.12. The van der Waals surface area contributed by atoms with E-state index in [1.807, 2.05) is 0 Å². The maximum atomic E-state index is 13.7. The molecule has 29 heavy (non-hydrogen) atoms. The van der Waals surface area contributed by atoms with E-state index < -0.39 is 0 Å². The van der Waals surface area contributed by atoms with Gasteiger partial charge in [-0.2, -0.15) is 4.98 Å². The van der Waals surface area contributed by atoms with E-state index in [2.05, 4.69) is 15.0 Å². The molecule has 3 heterocycles. The van der Waals surface area contributed by atoms with Crippen molar-refractivity contribution in [3.8, 4) is 16.9 Å². The highest BCUT2D eigenvalue weighted by atomic mass is 19.1. The average molecular weight is 392 g/mol. The molecule has 5 rings (SSSR count). The molecule has 1 aliphatic rings. The normalized spacial score (nSPS) is 14.1. The van der Waals surface area contributed by atoms with Crippen molar-refractivity contribution in [2.45, 2.75) is 12.8 Å². The molecule has 2 aromatic heterocycles. The number of anilines is 2. The maximum Gasteiger partial charge on any atom is 0.228 e. The first kappa shape index (κ1) is 17.5. The minimum absolute atomic E-state index is 0.304. The lowest BCUT2D eigenvalue weighted by molar-refractivity contribution is 0.625. The van der Waals surface area contributed by atoms with Crippen LogP contribution in [-0.2, 0) is 0 Å². The second-order valence-corrected chi connectivity index (χ2v) is 7.05. The zero-order valence-corrected chi connectivity index (χ0v) is 15.5. The number of aromatic nitrogens is 4. The molecule has 4 aromatic rings. The molecular formula is C21H18F2N6. The van der Waals surface area contributed by atoms with Gasteiger partial charge in [-0.05, 0) is 55.3 Å². The summed E-state index contributed by atoms with van der Waals surface area (Å²) in [6, 6.07) is 12.1. The summed E-state index contributed by atoms with van der Waals surface area (Å²) in [7, 11) is 0. The molecule has 0 amide bonds. The summed E-state index contributed by atoms with van der Waals surface area (Å²) in [4.78, 5) is 11.5. The maximum absolute atomic E-state index is 13.7. The molecule has 6 nitrogen and oxygen atoms in total. The summed E-state index contributed by atoms with van der Waals surface area (Å²) < 4.78 is 28.7. The van der Waals surface area contributed by atoms with Crippen LogP contribution in [0.5, 0.6) is 0 Å². The van der Waals surface area contributed by atoms with E-state index in [0.29, 0.717) is 39.7 Å². The van der Waals surface area contributed by atoms with Gasteiger partial charge in [0.05, 0.1) is 16.8 Å². The van der Waals surface area contributed by atoms with Gasteiger partial charge in [0.15, 0.2) is 5.65 Å². The Morgan fingerprint density at radius 3 is 2.38 bits per heavy atom. The topological polar surface area (TPSA) is 72.9 Å². The van der Waals surface area contributed by atoms with Gasteiger partial charge in [0, 0.05) is 18.7 Å². The number of rotatable bonds is 3. The van der Waals surface area contributed by atoms with Crippen molar-refractivity contribution in [3.63, 3.8) is 0 Å². The van der Waals surface area contributed by atoms with E-state index in [4.69, 9.17) is 10.7 Å². The first-order chi connectivity index (χ1) is 14.1. The molecular weight excluding hydrogens is 374 g/mol. The monoisotopic (exact) mass is 392 g/mol. The number of benzene rings is 2. The molecule has 0 radical (unpaired) electrons. The lowest BCUT2D eigenvalue weighted by Gasteiger charge is -2.16. The SMILES string of the molecule is Nc1c2c(-c3ccc(F)cc3)nc(N3CCCC3)nc2nn1-c1cccc(F)c1. The van der Waals surface area contributed by atoms with E-state index in [-0.39, 0.29) is 11.6 Å². The fourth-order valence-electron chi connectivity index (χ4n) is 3.68. The minimum Gasteiger partial charge on any atom is -0.383 e. The Balaban J connectivity index is 1.76. The van der Waals surface area contributed by atoms with Gasteiger partial charge >= 0.3 is 0 Å². The third-order valence-electron chi connectivity index (χ3n) is 5.12. The molecule has 0 bridgehead atoms. The molecule has 0 saturated carbocycles. The summed E-state index contributed by atoms with van der Waals surface area (Å²) in [6.07, 6.45) is 2.15. The number of hydrogen-bond acceptors (Lipinski definition) is 5. The van der Waals surface area contributed by atoms with Gasteiger partial charge in [0.1, 0.15) is 17.5 Å². The van der Waals surface area contributed by atoms with Gasteiger partial charge in [-0.15, -0.1) is 5.10 Å². The third-order valence-corrected chi connectivity index (χ3v) is 5.12. The van der Waals surface area contributed by atoms with Crippen LogP contribution < -0.4 is 10.6 Å². The molecule has 146 valence electrons. The third kappa shape index (κ3) is 3.06. The molecule has 0 unspecified atom stereocenters. The standard InChI is InChI=1S/C21H18F2N6/c22-14-8-6-13(7-9-14)18-17-19(24)29(16-5-3-4-15(23)12-16)27-20(17)26-21(25-18)28-10-1-2-11-28/h3-9,12H,1-2,10-11,24H2. The molecule has 0 spiro atoms. The lowest BCUT2D eigenvalue weighted by atomic mass is 10.1.